The van der Waals surface area contributed by atoms with Crippen LogP contribution < -0.4 is 15.4 Å². The third kappa shape index (κ3) is 3.86. The highest BCUT2D eigenvalue weighted by atomic mass is 32.2. The Hall–Kier alpha value is -2.45. The van der Waals surface area contributed by atoms with Gasteiger partial charge in [0.25, 0.3) is 0 Å². The quantitative estimate of drug-likeness (QED) is 0.780. The van der Waals surface area contributed by atoms with Gasteiger partial charge in [0.15, 0.2) is 0 Å². The fourth-order valence-electron chi connectivity index (χ4n) is 3.04. The molecule has 0 aromatic heterocycles. The number of benzene rings is 2. The second-order valence-electron chi connectivity index (χ2n) is 6.10. The number of fused-ring (bicyclic) bond motifs is 1. The molecule has 0 unspecified atom stereocenters. The minimum absolute atomic E-state index is 0.0225. The molecule has 0 radical (unpaired) electrons. The van der Waals surface area contributed by atoms with Gasteiger partial charge < -0.3 is 10.6 Å². The molecule has 2 aromatic carbocycles. The number of nitrogens with one attached hydrogen (secondary N) is 1. The number of hydrogen-bond donors (Lipinski definition) is 2. The Morgan fingerprint density at radius 3 is 2.65 bits per heavy atom. The maximum Gasteiger partial charge on any atom is 0.240 e. The van der Waals surface area contributed by atoms with Gasteiger partial charge in [0.05, 0.1) is 4.90 Å². The number of rotatable bonds is 5. The minimum Gasteiger partial charge on any atom is -0.398 e. The van der Waals surface area contributed by atoms with E-state index in [4.69, 9.17) is 5.73 Å². The molecule has 3 rings (SSSR count). The molecular formula is C18H20FN3O3S. The van der Waals surface area contributed by atoms with Crippen molar-refractivity contribution in [1.29, 1.82) is 0 Å². The third-order valence-electron chi connectivity index (χ3n) is 4.34. The van der Waals surface area contributed by atoms with E-state index in [1.54, 1.807) is 11.0 Å². The summed E-state index contributed by atoms with van der Waals surface area (Å²) in [6.45, 7) is 0.548. The van der Waals surface area contributed by atoms with Crippen molar-refractivity contribution < 1.29 is 17.6 Å². The van der Waals surface area contributed by atoms with E-state index in [0.717, 1.165) is 36.2 Å². The van der Waals surface area contributed by atoms with E-state index < -0.39 is 15.8 Å². The fraction of sp³-hybridized carbons (Fsp3) is 0.278. The Labute approximate surface area is 151 Å². The highest BCUT2D eigenvalue weighted by Crippen LogP contribution is 2.31. The van der Waals surface area contributed by atoms with Crippen LogP contribution in [0.5, 0.6) is 0 Å². The van der Waals surface area contributed by atoms with Crippen LogP contribution in [0.2, 0.25) is 0 Å². The van der Waals surface area contributed by atoms with Crippen molar-refractivity contribution in [1.82, 2.24) is 4.72 Å². The van der Waals surface area contributed by atoms with Crippen LogP contribution >= 0.6 is 0 Å². The summed E-state index contributed by atoms with van der Waals surface area (Å²) in [7, 11) is -3.78. The summed E-state index contributed by atoms with van der Waals surface area (Å²) in [5.74, 6) is -0.680. The summed E-state index contributed by atoms with van der Waals surface area (Å²) in [6, 6.07) is 9.99. The molecule has 0 bridgehead atoms. The molecular weight excluding hydrogens is 357 g/mol. The zero-order chi connectivity index (χ0) is 18.7. The van der Waals surface area contributed by atoms with Crippen LogP contribution in [0.15, 0.2) is 47.4 Å². The minimum atomic E-state index is -3.78. The van der Waals surface area contributed by atoms with E-state index in [1.807, 2.05) is 12.1 Å². The van der Waals surface area contributed by atoms with Crippen LogP contribution in [0.4, 0.5) is 15.8 Å². The SMILES string of the molecule is Nc1cccc2c1CCCN2C(=O)CCNS(=O)(=O)c1ccc(F)cc1. The summed E-state index contributed by atoms with van der Waals surface area (Å²) < 4.78 is 39.6. The molecule has 138 valence electrons. The number of sulfonamides is 1. The van der Waals surface area contributed by atoms with Gasteiger partial charge in [0.2, 0.25) is 15.9 Å². The molecule has 0 saturated carbocycles. The number of halogens is 1. The van der Waals surface area contributed by atoms with Gasteiger partial charge >= 0.3 is 0 Å². The van der Waals surface area contributed by atoms with E-state index in [0.29, 0.717) is 12.2 Å². The number of anilines is 2. The maximum absolute atomic E-state index is 12.9. The summed E-state index contributed by atoms with van der Waals surface area (Å²) in [4.78, 5) is 14.2. The molecule has 1 heterocycles. The summed E-state index contributed by atoms with van der Waals surface area (Å²) in [5, 5.41) is 0. The lowest BCUT2D eigenvalue weighted by Gasteiger charge is -2.30. The van der Waals surface area contributed by atoms with E-state index >= 15 is 0 Å². The third-order valence-corrected chi connectivity index (χ3v) is 5.82. The van der Waals surface area contributed by atoms with Crippen molar-refractivity contribution in [3.05, 3.63) is 53.8 Å². The largest absolute Gasteiger partial charge is 0.398 e. The molecule has 2 aromatic rings. The standard InChI is InChI=1S/C18H20FN3O3S/c19-13-6-8-14(9-7-13)26(24,25)21-11-10-18(23)22-12-2-3-15-16(20)4-1-5-17(15)22/h1,4-9,21H,2-3,10-12,20H2. The van der Waals surface area contributed by atoms with Crippen molar-refractivity contribution in [2.24, 2.45) is 0 Å². The van der Waals surface area contributed by atoms with Crippen LogP contribution in [-0.4, -0.2) is 27.4 Å². The summed E-state index contributed by atoms with van der Waals surface area (Å²) in [6.07, 6.45) is 1.66. The fourth-order valence-corrected chi connectivity index (χ4v) is 4.07. The first-order valence-electron chi connectivity index (χ1n) is 8.31. The Morgan fingerprint density at radius 1 is 1.19 bits per heavy atom. The normalized spacial score (nSPS) is 14.1. The van der Waals surface area contributed by atoms with Crippen molar-refractivity contribution >= 4 is 27.3 Å². The Kier molecular flexibility index (Phi) is 5.24. The maximum atomic E-state index is 12.9. The average molecular weight is 377 g/mol. The monoisotopic (exact) mass is 377 g/mol. The molecule has 1 amide bonds. The lowest BCUT2D eigenvalue weighted by atomic mass is 9.99. The molecule has 8 heteroatoms. The van der Waals surface area contributed by atoms with Gasteiger partial charge in [-0.25, -0.2) is 17.5 Å². The molecule has 3 N–H and O–H groups in total. The molecule has 6 nitrogen and oxygen atoms in total. The van der Waals surface area contributed by atoms with Gasteiger partial charge in [-0.05, 0) is 54.8 Å². The van der Waals surface area contributed by atoms with Crippen LogP contribution in [-0.2, 0) is 21.2 Å². The highest BCUT2D eigenvalue weighted by Gasteiger charge is 2.24. The first-order chi connectivity index (χ1) is 12.4. The molecule has 1 aliphatic rings. The zero-order valence-electron chi connectivity index (χ0n) is 14.1. The Bertz CT molecular complexity index is 914. The van der Waals surface area contributed by atoms with Gasteiger partial charge in [-0.15, -0.1) is 0 Å². The van der Waals surface area contributed by atoms with Gasteiger partial charge in [0.1, 0.15) is 5.82 Å². The van der Waals surface area contributed by atoms with Crippen LogP contribution in [0.1, 0.15) is 18.4 Å². The number of hydrogen-bond acceptors (Lipinski definition) is 4. The summed E-state index contributed by atoms with van der Waals surface area (Å²) >= 11 is 0. The van der Waals surface area contributed by atoms with E-state index in [9.17, 15) is 17.6 Å². The van der Waals surface area contributed by atoms with Crippen molar-refractivity contribution in [3.63, 3.8) is 0 Å². The van der Waals surface area contributed by atoms with Crippen molar-refractivity contribution in [2.75, 3.05) is 23.7 Å². The second-order valence-corrected chi connectivity index (χ2v) is 7.86. The number of nitrogens with two attached hydrogens (primary N) is 1. The molecule has 0 saturated heterocycles. The molecule has 26 heavy (non-hydrogen) atoms. The number of carbonyl (C=O) groups excluding carboxylic acids is 1. The van der Waals surface area contributed by atoms with E-state index in [2.05, 4.69) is 4.72 Å². The van der Waals surface area contributed by atoms with Gasteiger partial charge in [-0.1, -0.05) is 6.07 Å². The predicted octanol–water partition coefficient (Wildman–Crippen LogP) is 2.06. The average Bonchev–Trinajstić information content (AvgIpc) is 2.62. The first kappa shape index (κ1) is 18.3. The van der Waals surface area contributed by atoms with Crippen LogP contribution in [0.3, 0.4) is 0 Å². The number of nitrogen functional groups attached to an aromatic ring is 1. The topological polar surface area (TPSA) is 92.5 Å². The molecule has 0 atom stereocenters. The Balaban J connectivity index is 1.63. The van der Waals surface area contributed by atoms with Crippen LogP contribution in [0.25, 0.3) is 0 Å². The smallest absolute Gasteiger partial charge is 0.240 e. The van der Waals surface area contributed by atoms with Gasteiger partial charge in [-0.2, -0.15) is 0 Å². The molecule has 0 spiro atoms. The van der Waals surface area contributed by atoms with Crippen molar-refractivity contribution in [2.45, 2.75) is 24.2 Å². The lowest BCUT2D eigenvalue weighted by molar-refractivity contribution is -0.118. The lowest BCUT2D eigenvalue weighted by Crippen LogP contribution is -2.38. The van der Waals surface area contributed by atoms with Gasteiger partial charge in [-0.3, -0.25) is 4.79 Å². The number of nitrogens with zero attached hydrogens (tertiary/aromatic N) is 1. The van der Waals surface area contributed by atoms with E-state index in [1.165, 1.54) is 12.1 Å². The molecule has 1 aliphatic heterocycles. The molecule has 0 fully saturated rings. The number of amides is 1. The summed E-state index contributed by atoms with van der Waals surface area (Å²) in [5.41, 5.74) is 8.40. The predicted molar refractivity (Wildman–Crippen MR) is 97.7 cm³/mol. The zero-order valence-corrected chi connectivity index (χ0v) is 14.9. The van der Waals surface area contributed by atoms with Crippen LogP contribution in [0, 0.1) is 5.82 Å². The number of carbonyl (C=O) groups is 1. The van der Waals surface area contributed by atoms with Gasteiger partial charge in [0, 0.05) is 30.9 Å². The van der Waals surface area contributed by atoms with Crippen molar-refractivity contribution in [3.8, 4) is 0 Å². The Morgan fingerprint density at radius 2 is 1.92 bits per heavy atom. The first-order valence-corrected chi connectivity index (χ1v) is 9.80. The van der Waals surface area contributed by atoms with E-state index in [-0.39, 0.29) is 23.8 Å². The molecule has 0 aliphatic carbocycles. The second kappa shape index (κ2) is 7.43. The highest BCUT2D eigenvalue weighted by molar-refractivity contribution is 7.89.